The summed E-state index contributed by atoms with van der Waals surface area (Å²) in [4.78, 5) is 10.1. The van der Waals surface area contributed by atoms with Crippen LogP contribution in [0.3, 0.4) is 0 Å². The molecule has 1 aromatic heterocycles. The lowest BCUT2D eigenvalue weighted by molar-refractivity contribution is 0.0175. The molecule has 5 rings (SSSR count). The number of alkyl halides is 2. The number of benzene rings is 3. The maximum Gasteiger partial charge on any atom is 0.270 e. The number of phenolic OH excluding ortho intramolecular Hbond substituents is 1. The topological polar surface area (TPSA) is 94.9 Å². The van der Waals surface area contributed by atoms with Gasteiger partial charge in [-0.2, -0.15) is 10.1 Å². The third kappa shape index (κ3) is 7.42. The van der Waals surface area contributed by atoms with Gasteiger partial charge in [-0.3, -0.25) is 0 Å². The lowest BCUT2D eigenvalue weighted by Crippen LogP contribution is -2.37. The van der Waals surface area contributed by atoms with E-state index in [4.69, 9.17) is 4.74 Å². The zero-order valence-electron chi connectivity index (χ0n) is 24.1. The van der Waals surface area contributed by atoms with E-state index in [2.05, 4.69) is 25.8 Å². The molecule has 2 heterocycles. The molecule has 0 amide bonds. The predicted octanol–water partition coefficient (Wildman–Crippen LogP) is 7.25. The fourth-order valence-electron chi connectivity index (χ4n) is 4.81. The Morgan fingerprint density at radius 1 is 1.02 bits per heavy atom. The molecular formula is C32H33F3N6O2. The Hall–Kier alpha value is -4.64. The molecule has 0 spiro atoms. The predicted molar refractivity (Wildman–Crippen MR) is 163 cm³/mol. The summed E-state index contributed by atoms with van der Waals surface area (Å²) in [5, 5.41) is 17.5. The van der Waals surface area contributed by atoms with Crippen molar-refractivity contribution < 1.29 is 23.0 Å². The number of aromatic hydroxyl groups is 1. The van der Waals surface area contributed by atoms with Crippen LogP contribution >= 0.6 is 0 Å². The molecule has 3 N–H and O–H groups in total. The van der Waals surface area contributed by atoms with Crippen LogP contribution in [0.25, 0.3) is 11.1 Å². The number of phenols is 1. The Morgan fingerprint density at radius 2 is 1.81 bits per heavy atom. The van der Waals surface area contributed by atoms with E-state index in [1.165, 1.54) is 24.3 Å². The Kier molecular flexibility index (Phi) is 8.81. The van der Waals surface area contributed by atoms with Gasteiger partial charge in [0.05, 0.1) is 25.6 Å². The van der Waals surface area contributed by atoms with E-state index in [1.807, 2.05) is 36.9 Å². The van der Waals surface area contributed by atoms with Crippen LogP contribution in [0.4, 0.5) is 36.3 Å². The summed E-state index contributed by atoms with van der Waals surface area (Å²) in [7, 11) is 0. The highest BCUT2D eigenvalue weighted by atomic mass is 19.3. The SMILES string of the molecule is CC(C)c1cc(Nc2cc(-c3cccc(O)c3)cc(C(C)(F)F)c2)ccc1/C=N\Nc1ncc(F)c(N2CCOCC2)n1. The maximum absolute atomic E-state index is 14.4. The maximum atomic E-state index is 14.4. The van der Waals surface area contributed by atoms with Crippen LogP contribution < -0.4 is 15.6 Å². The molecule has 0 radical (unpaired) electrons. The second kappa shape index (κ2) is 12.7. The Balaban J connectivity index is 1.37. The number of morpholine rings is 1. The van der Waals surface area contributed by atoms with E-state index in [1.54, 1.807) is 24.4 Å². The van der Waals surface area contributed by atoms with Crippen molar-refractivity contribution in [3.63, 3.8) is 0 Å². The van der Waals surface area contributed by atoms with Gasteiger partial charge in [0.1, 0.15) is 5.75 Å². The van der Waals surface area contributed by atoms with Crippen molar-refractivity contribution in [2.24, 2.45) is 5.10 Å². The summed E-state index contributed by atoms with van der Waals surface area (Å²) in [5.41, 5.74) is 6.81. The molecule has 4 aromatic rings. The molecule has 1 aliphatic rings. The molecule has 224 valence electrons. The first kappa shape index (κ1) is 29.8. The first-order valence-corrected chi connectivity index (χ1v) is 13.9. The molecule has 43 heavy (non-hydrogen) atoms. The monoisotopic (exact) mass is 590 g/mol. The highest BCUT2D eigenvalue weighted by Crippen LogP contribution is 2.36. The van der Waals surface area contributed by atoms with Crippen LogP contribution in [0, 0.1) is 5.82 Å². The molecule has 0 aliphatic carbocycles. The number of anilines is 4. The third-order valence-corrected chi connectivity index (χ3v) is 7.02. The molecule has 0 unspecified atom stereocenters. The Labute approximate surface area is 248 Å². The minimum Gasteiger partial charge on any atom is -0.508 e. The van der Waals surface area contributed by atoms with Crippen molar-refractivity contribution in [2.45, 2.75) is 32.6 Å². The minimum atomic E-state index is -3.06. The normalized spacial score (nSPS) is 14.0. The summed E-state index contributed by atoms with van der Waals surface area (Å²) in [6.45, 7) is 7.02. The van der Waals surface area contributed by atoms with Crippen LogP contribution in [-0.4, -0.2) is 47.6 Å². The van der Waals surface area contributed by atoms with E-state index < -0.39 is 11.7 Å². The van der Waals surface area contributed by atoms with Gasteiger partial charge in [-0.25, -0.2) is 23.6 Å². The van der Waals surface area contributed by atoms with E-state index in [0.717, 1.165) is 24.2 Å². The van der Waals surface area contributed by atoms with Gasteiger partial charge >= 0.3 is 0 Å². The molecule has 0 bridgehead atoms. The summed E-state index contributed by atoms with van der Waals surface area (Å²) in [5.74, 6) is -3.03. The summed E-state index contributed by atoms with van der Waals surface area (Å²) in [6, 6.07) is 16.8. The van der Waals surface area contributed by atoms with Crippen molar-refractivity contribution >= 4 is 29.4 Å². The van der Waals surface area contributed by atoms with Gasteiger partial charge in [-0.1, -0.05) is 32.0 Å². The lowest BCUT2D eigenvalue weighted by Gasteiger charge is -2.27. The van der Waals surface area contributed by atoms with E-state index in [9.17, 15) is 18.3 Å². The van der Waals surface area contributed by atoms with E-state index in [-0.39, 0.29) is 29.0 Å². The number of ether oxygens (including phenoxy) is 1. The van der Waals surface area contributed by atoms with Gasteiger partial charge in [0.2, 0.25) is 5.95 Å². The van der Waals surface area contributed by atoms with Gasteiger partial charge in [0, 0.05) is 37.0 Å². The fraction of sp³-hybridized carbons (Fsp3) is 0.281. The van der Waals surface area contributed by atoms with Crippen molar-refractivity contribution in [3.8, 4) is 16.9 Å². The number of nitrogens with one attached hydrogen (secondary N) is 2. The number of rotatable bonds is 9. The van der Waals surface area contributed by atoms with Gasteiger partial charge in [-0.05, 0) is 70.6 Å². The van der Waals surface area contributed by atoms with E-state index in [0.29, 0.717) is 48.8 Å². The van der Waals surface area contributed by atoms with Gasteiger partial charge in [0.25, 0.3) is 5.92 Å². The van der Waals surface area contributed by atoms with Crippen molar-refractivity contribution in [1.29, 1.82) is 0 Å². The largest absolute Gasteiger partial charge is 0.508 e. The highest BCUT2D eigenvalue weighted by molar-refractivity contribution is 5.84. The van der Waals surface area contributed by atoms with Crippen molar-refractivity contribution in [3.05, 3.63) is 89.4 Å². The average Bonchev–Trinajstić information content (AvgIpc) is 2.98. The quantitative estimate of drug-likeness (QED) is 0.140. The van der Waals surface area contributed by atoms with Crippen LogP contribution in [0.5, 0.6) is 5.75 Å². The Bertz CT molecular complexity index is 1620. The van der Waals surface area contributed by atoms with Crippen molar-refractivity contribution in [1.82, 2.24) is 9.97 Å². The molecule has 1 fully saturated rings. The summed E-state index contributed by atoms with van der Waals surface area (Å²) >= 11 is 0. The summed E-state index contributed by atoms with van der Waals surface area (Å²) < 4.78 is 48.5. The molecule has 11 heteroatoms. The minimum absolute atomic E-state index is 0.0533. The van der Waals surface area contributed by atoms with Crippen LogP contribution in [0.2, 0.25) is 0 Å². The third-order valence-electron chi connectivity index (χ3n) is 7.02. The first-order valence-electron chi connectivity index (χ1n) is 13.9. The number of nitrogens with zero attached hydrogens (tertiary/aromatic N) is 4. The number of halogens is 3. The van der Waals surface area contributed by atoms with Gasteiger partial charge < -0.3 is 20.1 Å². The smallest absolute Gasteiger partial charge is 0.270 e. The van der Waals surface area contributed by atoms with Crippen LogP contribution in [0.1, 0.15) is 43.4 Å². The fourth-order valence-corrected chi connectivity index (χ4v) is 4.81. The lowest BCUT2D eigenvalue weighted by atomic mass is 9.96. The van der Waals surface area contributed by atoms with Crippen LogP contribution in [0.15, 0.2) is 72.0 Å². The van der Waals surface area contributed by atoms with Crippen molar-refractivity contribution in [2.75, 3.05) is 41.9 Å². The van der Waals surface area contributed by atoms with Crippen LogP contribution in [-0.2, 0) is 10.7 Å². The Morgan fingerprint density at radius 3 is 2.53 bits per heavy atom. The zero-order chi connectivity index (χ0) is 30.6. The number of hydrazone groups is 1. The van der Waals surface area contributed by atoms with Gasteiger partial charge in [-0.15, -0.1) is 0 Å². The molecule has 0 saturated carbocycles. The zero-order valence-corrected chi connectivity index (χ0v) is 24.1. The molecule has 1 saturated heterocycles. The second-order valence-electron chi connectivity index (χ2n) is 10.7. The average molecular weight is 591 g/mol. The molecular weight excluding hydrogens is 557 g/mol. The molecule has 8 nitrogen and oxygen atoms in total. The highest BCUT2D eigenvalue weighted by Gasteiger charge is 2.25. The second-order valence-corrected chi connectivity index (χ2v) is 10.7. The number of aromatic nitrogens is 2. The number of hydrogen-bond acceptors (Lipinski definition) is 8. The van der Waals surface area contributed by atoms with Gasteiger partial charge in [0.15, 0.2) is 11.6 Å². The standard InChI is InChI=1S/C32H33F3N6O2/c1-20(2)28-17-25(38-26-14-23(13-24(16-26)32(3,34)35)21-5-4-6-27(42)15-21)8-7-22(28)18-37-40-31-36-19-29(33)30(39-31)41-9-11-43-12-10-41/h4-8,13-20,38,42H,9-12H2,1-3H3,(H,36,39,40)/b37-18-. The molecule has 1 aliphatic heterocycles. The first-order chi connectivity index (χ1) is 20.6. The number of hydrogen-bond donors (Lipinski definition) is 3. The molecule has 0 atom stereocenters. The summed E-state index contributed by atoms with van der Waals surface area (Å²) in [6.07, 6.45) is 2.75. The molecule has 3 aromatic carbocycles. The van der Waals surface area contributed by atoms with E-state index >= 15 is 0 Å².